The van der Waals surface area contributed by atoms with Gasteiger partial charge in [0, 0.05) is 30.6 Å². The minimum atomic E-state index is 0.714. The molecule has 0 radical (unpaired) electrons. The molecule has 0 saturated heterocycles. The minimum Gasteiger partial charge on any atom is -0.378 e. The molecule has 128 valence electrons. The zero-order valence-electron chi connectivity index (χ0n) is 14.0. The number of hydrogen-bond acceptors (Lipinski definition) is 5. The molecule has 7 heteroatoms. The molecule has 5 nitrogen and oxygen atoms in total. The molecular weight excluding hydrogens is 354 g/mol. The third-order valence-corrected chi connectivity index (χ3v) is 4.91. The summed E-state index contributed by atoms with van der Waals surface area (Å²) in [6.45, 7) is 0. The van der Waals surface area contributed by atoms with Gasteiger partial charge in [-0.3, -0.25) is 0 Å². The second kappa shape index (κ2) is 8.18. The SMILES string of the molecule is CN(C)c1ccc(/C=N\n2cnnc2SCc2ccccc2Cl)cc1. The number of halogens is 1. The molecule has 0 amide bonds. The van der Waals surface area contributed by atoms with Crippen LogP contribution in [0.5, 0.6) is 0 Å². The van der Waals surface area contributed by atoms with Crippen LogP contribution in [0, 0.1) is 0 Å². The Kier molecular flexibility index (Phi) is 5.73. The minimum absolute atomic E-state index is 0.714. The monoisotopic (exact) mass is 371 g/mol. The quantitative estimate of drug-likeness (QED) is 0.482. The van der Waals surface area contributed by atoms with E-state index in [9.17, 15) is 0 Å². The number of hydrogen-bond donors (Lipinski definition) is 0. The van der Waals surface area contributed by atoms with E-state index in [0.717, 1.165) is 27.0 Å². The van der Waals surface area contributed by atoms with Crippen LogP contribution in [0.4, 0.5) is 5.69 Å². The molecule has 25 heavy (non-hydrogen) atoms. The number of thioether (sulfide) groups is 1. The summed E-state index contributed by atoms with van der Waals surface area (Å²) in [4.78, 5) is 2.06. The highest BCUT2D eigenvalue weighted by Gasteiger charge is 2.06. The van der Waals surface area contributed by atoms with Gasteiger partial charge in [0.15, 0.2) is 0 Å². The molecule has 3 aromatic rings. The van der Waals surface area contributed by atoms with Gasteiger partial charge >= 0.3 is 0 Å². The van der Waals surface area contributed by atoms with Crippen molar-refractivity contribution in [1.29, 1.82) is 0 Å². The lowest BCUT2D eigenvalue weighted by atomic mass is 10.2. The lowest BCUT2D eigenvalue weighted by molar-refractivity contribution is 0.767. The zero-order chi connectivity index (χ0) is 17.6. The first-order valence-electron chi connectivity index (χ1n) is 7.71. The first kappa shape index (κ1) is 17.5. The Morgan fingerprint density at radius 1 is 1.16 bits per heavy atom. The first-order valence-corrected chi connectivity index (χ1v) is 9.08. The maximum absolute atomic E-state index is 6.19. The predicted molar refractivity (Wildman–Crippen MR) is 105 cm³/mol. The third-order valence-electron chi connectivity index (χ3n) is 3.56. The second-order valence-electron chi connectivity index (χ2n) is 5.57. The Balaban J connectivity index is 1.68. The molecule has 1 aromatic heterocycles. The van der Waals surface area contributed by atoms with E-state index in [0.29, 0.717) is 5.75 Å². The highest BCUT2D eigenvalue weighted by molar-refractivity contribution is 7.98. The summed E-state index contributed by atoms with van der Waals surface area (Å²) < 4.78 is 1.67. The highest BCUT2D eigenvalue weighted by Crippen LogP contribution is 2.25. The van der Waals surface area contributed by atoms with E-state index in [2.05, 4.69) is 32.3 Å². The van der Waals surface area contributed by atoms with Crippen molar-refractivity contribution >= 4 is 35.3 Å². The molecule has 0 bridgehead atoms. The molecule has 3 rings (SSSR count). The van der Waals surface area contributed by atoms with E-state index in [1.807, 2.05) is 50.5 Å². The Hall–Kier alpha value is -2.31. The number of aromatic nitrogens is 3. The second-order valence-corrected chi connectivity index (χ2v) is 6.92. The van der Waals surface area contributed by atoms with E-state index in [1.165, 1.54) is 0 Å². The fourth-order valence-electron chi connectivity index (χ4n) is 2.14. The van der Waals surface area contributed by atoms with Crippen LogP contribution in [-0.2, 0) is 5.75 Å². The van der Waals surface area contributed by atoms with E-state index in [4.69, 9.17) is 11.6 Å². The van der Waals surface area contributed by atoms with Gasteiger partial charge in [0.1, 0.15) is 6.33 Å². The van der Waals surface area contributed by atoms with Crippen LogP contribution < -0.4 is 4.90 Å². The van der Waals surface area contributed by atoms with Gasteiger partial charge in [0.25, 0.3) is 0 Å². The van der Waals surface area contributed by atoms with E-state index >= 15 is 0 Å². The molecule has 0 aliphatic heterocycles. The lowest BCUT2D eigenvalue weighted by Gasteiger charge is -2.11. The van der Waals surface area contributed by atoms with Gasteiger partial charge < -0.3 is 4.90 Å². The van der Waals surface area contributed by atoms with Gasteiger partial charge in [0.2, 0.25) is 5.16 Å². The largest absolute Gasteiger partial charge is 0.378 e. The molecule has 0 spiro atoms. The van der Waals surface area contributed by atoms with Crippen molar-refractivity contribution in [3.63, 3.8) is 0 Å². The first-order chi connectivity index (χ1) is 12.1. The maximum atomic E-state index is 6.19. The van der Waals surface area contributed by atoms with Crippen molar-refractivity contribution < 1.29 is 0 Å². The van der Waals surface area contributed by atoms with Gasteiger partial charge in [-0.25, -0.2) is 0 Å². The van der Waals surface area contributed by atoms with Gasteiger partial charge in [-0.15, -0.1) is 10.2 Å². The van der Waals surface area contributed by atoms with E-state index in [-0.39, 0.29) is 0 Å². The van der Waals surface area contributed by atoms with E-state index in [1.54, 1.807) is 29.0 Å². The molecule has 2 aromatic carbocycles. The zero-order valence-corrected chi connectivity index (χ0v) is 15.6. The average Bonchev–Trinajstić information content (AvgIpc) is 3.07. The summed E-state index contributed by atoms with van der Waals surface area (Å²) in [5.41, 5.74) is 3.23. The fraction of sp³-hybridized carbons (Fsp3) is 0.167. The van der Waals surface area contributed by atoms with Crippen LogP contribution in [0.2, 0.25) is 5.02 Å². The molecule has 0 unspecified atom stereocenters. The van der Waals surface area contributed by atoms with Crippen LogP contribution in [0.3, 0.4) is 0 Å². The molecular formula is C18H18ClN5S. The van der Waals surface area contributed by atoms with Crippen LogP contribution in [0.25, 0.3) is 0 Å². The number of anilines is 1. The van der Waals surface area contributed by atoms with Crippen LogP contribution in [0.1, 0.15) is 11.1 Å². The Morgan fingerprint density at radius 2 is 1.92 bits per heavy atom. The van der Waals surface area contributed by atoms with Crippen LogP contribution >= 0.6 is 23.4 Å². The molecule has 0 fully saturated rings. The standard InChI is InChI=1S/C18H18ClN5S/c1-23(2)16-9-7-14(8-10-16)11-21-24-13-20-22-18(24)25-12-15-5-3-4-6-17(15)19/h3-11,13H,12H2,1-2H3/b21-11-. The lowest BCUT2D eigenvalue weighted by Crippen LogP contribution is -2.08. The highest BCUT2D eigenvalue weighted by atomic mass is 35.5. The molecule has 1 heterocycles. The Morgan fingerprint density at radius 3 is 2.64 bits per heavy atom. The van der Waals surface area contributed by atoms with E-state index < -0.39 is 0 Å². The van der Waals surface area contributed by atoms with Gasteiger partial charge in [-0.2, -0.15) is 9.78 Å². The van der Waals surface area contributed by atoms with Crippen molar-refractivity contribution in [3.8, 4) is 0 Å². The van der Waals surface area contributed by atoms with Crippen molar-refractivity contribution in [2.24, 2.45) is 5.10 Å². The molecule has 0 atom stereocenters. The van der Waals surface area contributed by atoms with Gasteiger partial charge in [0.05, 0.1) is 6.21 Å². The summed E-state index contributed by atoms with van der Waals surface area (Å²) in [5, 5.41) is 14.0. The average molecular weight is 372 g/mol. The molecule has 0 aliphatic carbocycles. The smallest absolute Gasteiger partial charge is 0.212 e. The van der Waals surface area contributed by atoms with Crippen LogP contribution in [-0.4, -0.2) is 35.2 Å². The Labute approximate surface area is 156 Å². The summed E-state index contributed by atoms with van der Waals surface area (Å²) >= 11 is 7.74. The normalized spacial score (nSPS) is 11.2. The number of benzene rings is 2. The maximum Gasteiger partial charge on any atom is 0.212 e. The van der Waals surface area contributed by atoms with Crippen molar-refractivity contribution in [2.45, 2.75) is 10.9 Å². The Bertz CT molecular complexity index is 858. The molecule has 0 saturated carbocycles. The van der Waals surface area contributed by atoms with Crippen molar-refractivity contribution in [2.75, 3.05) is 19.0 Å². The van der Waals surface area contributed by atoms with Gasteiger partial charge in [-0.05, 0) is 29.3 Å². The van der Waals surface area contributed by atoms with Gasteiger partial charge in [-0.1, -0.05) is 53.7 Å². The third kappa shape index (κ3) is 4.61. The topological polar surface area (TPSA) is 46.3 Å². The fourth-order valence-corrected chi connectivity index (χ4v) is 3.29. The summed E-state index contributed by atoms with van der Waals surface area (Å²) in [6.07, 6.45) is 3.39. The number of rotatable bonds is 6. The number of nitrogens with zero attached hydrogens (tertiary/aromatic N) is 5. The van der Waals surface area contributed by atoms with Crippen molar-refractivity contribution in [3.05, 3.63) is 71.0 Å². The summed E-state index contributed by atoms with van der Waals surface area (Å²) in [5.74, 6) is 0.714. The van der Waals surface area contributed by atoms with Crippen LogP contribution in [0.15, 0.2) is 65.1 Å². The molecule has 0 aliphatic rings. The summed E-state index contributed by atoms with van der Waals surface area (Å²) in [7, 11) is 4.03. The molecule has 0 N–H and O–H groups in total. The van der Waals surface area contributed by atoms with Crippen molar-refractivity contribution in [1.82, 2.24) is 14.9 Å². The predicted octanol–water partition coefficient (Wildman–Crippen LogP) is 4.17. The summed E-state index contributed by atoms with van der Waals surface area (Å²) in [6, 6.07) is 16.0.